The monoisotopic (exact) mass is 208 g/mol. The van der Waals surface area contributed by atoms with Crippen molar-refractivity contribution in [3.05, 3.63) is 30.1 Å². The van der Waals surface area contributed by atoms with Crippen LogP contribution < -0.4 is 0 Å². The highest BCUT2D eigenvalue weighted by Crippen LogP contribution is 2.00. The van der Waals surface area contributed by atoms with Gasteiger partial charge in [0.05, 0.1) is 12.7 Å². The maximum absolute atomic E-state index is 11.7. The zero-order chi connectivity index (χ0) is 11.3. The molecule has 0 spiro atoms. The van der Waals surface area contributed by atoms with Crippen molar-refractivity contribution in [2.75, 3.05) is 20.7 Å². The summed E-state index contributed by atoms with van der Waals surface area (Å²) < 4.78 is 4.46. The molecule has 0 bridgehead atoms. The second-order valence-electron chi connectivity index (χ2n) is 2.98. The molecule has 0 aliphatic heterocycles. The Morgan fingerprint density at radius 1 is 1.53 bits per heavy atom. The highest BCUT2D eigenvalue weighted by atomic mass is 16.5. The lowest BCUT2D eigenvalue weighted by Gasteiger charge is -2.14. The molecule has 0 aliphatic carbocycles. The number of hydrogen-bond donors (Lipinski definition) is 0. The van der Waals surface area contributed by atoms with Crippen molar-refractivity contribution in [3.63, 3.8) is 0 Å². The third kappa shape index (κ3) is 3.05. The molecule has 15 heavy (non-hydrogen) atoms. The van der Waals surface area contributed by atoms with Gasteiger partial charge in [0.2, 0.25) is 0 Å². The molecule has 0 atom stereocenters. The molecule has 0 aliphatic rings. The maximum atomic E-state index is 11.7. The minimum absolute atomic E-state index is 0.0653. The van der Waals surface area contributed by atoms with Crippen LogP contribution in [0.25, 0.3) is 0 Å². The lowest BCUT2D eigenvalue weighted by atomic mass is 10.2. The summed E-state index contributed by atoms with van der Waals surface area (Å²) in [5.41, 5.74) is 0.448. The molecule has 0 saturated carbocycles. The first-order valence-corrected chi connectivity index (χ1v) is 4.37. The van der Waals surface area contributed by atoms with Crippen LogP contribution >= 0.6 is 0 Å². The molecule has 0 saturated heterocycles. The Morgan fingerprint density at radius 2 is 2.27 bits per heavy atom. The number of ether oxygens (including phenoxy) is 1. The Morgan fingerprint density at radius 3 is 2.80 bits per heavy atom. The number of esters is 1. The van der Waals surface area contributed by atoms with E-state index < -0.39 is 5.97 Å². The molecule has 80 valence electrons. The molecule has 1 aromatic heterocycles. The van der Waals surface area contributed by atoms with Crippen molar-refractivity contribution in [1.82, 2.24) is 9.88 Å². The Hall–Kier alpha value is -1.91. The van der Waals surface area contributed by atoms with E-state index in [0.29, 0.717) is 5.56 Å². The topological polar surface area (TPSA) is 59.5 Å². The highest BCUT2D eigenvalue weighted by molar-refractivity contribution is 5.95. The van der Waals surface area contributed by atoms with E-state index in [2.05, 4.69) is 9.72 Å². The first kappa shape index (κ1) is 11.2. The lowest BCUT2D eigenvalue weighted by Crippen LogP contribution is -2.32. The van der Waals surface area contributed by atoms with Crippen molar-refractivity contribution in [1.29, 1.82) is 0 Å². The van der Waals surface area contributed by atoms with Crippen LogP contribution in [0.15, 0.2) is 24.5 Å². The van der Waals surface area contributed by atoms with Gasteiger partial charge in [0.1, 0.15) is 6.54 Å². The summed E-state index contributed by atoms with van der Waals surface area (Å²) in [6, 6.07) is 3.31. The molecule has 1 rings (SSSR count). The quantitative estimate of drug-likeness (QED) is 0.671. The number of hydrogen-bond acceptors (Lipinski definition) is 4. The van der Waals surface area contributed by atoms with Crippen molar-refractivity contribution in [3.8, 4) is 0 Å². The van der Waals surface area contributed by atoms with Gasteiger partial charge in [-0.05, 0) is 12.1 Å². The first-order valence-electron chi connectivity index (χ1n) is 4.37. The average Bonchev–Trinajstić information content (AvgIpc) is 2.29. The van der Waals surface area contributed by atoms with Crippen LogP contribution in [0.3, 0.4) is 0 Å². The van der Waals surface area contributed by atoms with Crippen molar-refractivity contribution < 1.29 is 14.3 Å². The third-order valence-corrected chi connectivity index (χ3v) is 1.85. The summed E-state index contributed by atoms with van der Waals surface area (Å²) in [6.07, 6.45) is 3.03. The van der Waals surface area contributed by atoms with E-state index in [-0.39, 0.29) is 12.5 Å². The molecule has 1 amide bonds. The molecular formula is C10H12N2O3. The maximum Gasteiger partial charge on any atom is 0.325 e. The second-order valence-corrected chi connectivity index (χ2v) is 2.98. The van der Waals surface area contributed by atoms with Crippen LogP contribution in [0.2, 0.25) is 0 Å². The standard InChI is InChI=1S/C10H12N2O3/c1-12(7-9(13)15-2)10(14)8-4-3-5-11-6-8/h3-6H,7H2,1-2H3. The molecule has 0 radical (unpaired) electrons. The number of aromatic nitrogens is 1. The van der Waals surface area contributed by atoms with Crippen LogP contribution in [0.4, 0.5) is 0 Å². The third-order valence-electron chi connectivity index (χ3n) is 1.85. The van der Waals surface area contributed by atoms with Gasteiger partial charge < -0.3 is 9.64 Å². The summed E-state index contributed by atoms with van der Waals surface area (Å²) in [5, 5.41) is 0. The number of likely N-dealkylation sites (N-methyl/N-ethyl adjacent to an activating group) is 1. The summed E-state index contributed by atoms with van der Waals surface area (Å²) in [6.45, 7) is -0.0653. The van der Waals surface area contributed by atoms with E-state index in [0.717, 1.165) is 0 Å². The smallest absolute Gasteiger partial charge is 0.325 e. The van der Waals surface area contributed by atoms with E-state index in [1.165, 1.54) is 25.3 Å². The molecule has 1 heterocycles. The van der Waals surface area contributed by atoms with Gasteiger partial charge >= 0.3 is 5.97 Å². The van der Waals surface area contributed by atoms with Crippen molar-refractivity contribution >= 4 is 11.9 Å². The van der Waals surface area contributed by atoms with E-state index in [1.54, 1.807) is 18.3 Å². The molecule has 5 nitrogen and oxygen atoms in total. The van der Waals surface area contributed by atoms with E-state index in [4.69, 9.17) is 0 Å². The number of carbonyl (C=O) groups is 2. The number of rotatable bonds is 3. The largest absolute Gasteiger partial charge is 0.468 e. The zero-order valence-electron chi connectivity index (χ0n) is 8.64. The fourth-order valence-corrected chi connectivity index (χ4v) is 1.04. The summed E-state index contributed by atoms with van der Waals surface area (Å²) in [4.78, 5) is 27.7. The van der Waals surface area contributed by atoms with Crippen molar-refractivity contribution in [2.24, 2.45) is 0 Å². The van der Waals surface area contributed by atoms with Crippen LogP contribution in [0.1, 0.15) is 10.4 Å². The van der Waals surface area contributed by atoms with Crippen LogP contribution in [0.5, 0.6) is 0 Å². The molecule has 0 aromatic carbocycles. The molecule has 0 N–H and O–H groups in total. The normalized spacial score (nSPS) is 9.47. The van der Waals surface area contributed by atoms with Gasteiger partial charge in [0.25, 0.3) is 5.91 Å². The zero-order valence-corrected chi connectivity index (χ0v) is 8.64. The Labute approximate surface area is 87.7 Å². The van der Waals surface area contributed by atoms with Crippen molar-refractivity contribution in [2.45, 2.75) is 0 Å². The number of carbonyl (C=O) groups excluding carboxylic acids is 2. The number of nitrogens with zero attached hydrogens (tertiary/aromatic N) is 2. The number of amides is 1. The van der Waals surface area contributed by atoms with Gasteiger partial charge in [-0.3, -0.25) is 14.6 Å². The Bertz CT molecular complexity index is 351. The van der Waals surface area contributed by atoms with Crippen LogP contribution in [-0.2, 0) is 9.53 Å². The van der Waals surface area contributed by atoms with E-state index >= 15 is 0 Å². The molecule has 5 heteroatoms. The van der Waals surface area contributed by atoms with E-state index in [1.807, 2.05) is 0 Å². The predicted octanol–water partition coefficient (Wildman–Crippen LogP) is 0.327. The summed E-state index contributed by atoms with van der Waals surface area (Å²) >= 11 is 0. The molecule has 0 unspecified atom stereocenters. The van der Waals surface area contributed by atoms with Gasteiger partial charge in [-0.1, -0.05) is 0 Å². The lowest BCUT2D eigenvalue weighted by molar-refractivity contribution is -0.141. The average molecular weight is 208 g/mol. The summed E-state index contributed by atoms with van der Waals surface area (Å²) in [7, 11) is 2.82. The Kier molecular flexibility index (Phi) is 3.79. The van der Waals surface area contributed by atoms with Gasteiger partial charge in [0.15, 0.2) is 0 Å². The second kappa shape index (κ2) is 5.09. The molecule has 1 aromatic rings. The minimum Gasteiger partial charge on any atom is -0.468 e. The van der Waals surface area contributed by atoms with Crippen LogP contribution in [0, 0.1) is 0 Å². The SMILES string of the molecule is COC(=O)CN(C)C(=O)c1cccnc1. The highest BCUT2D eigenvalue weighted by Gasteiger charge is 2.14. The van der Waals surface area contributed by atoms with E-state index in [9.17, 15) is 9.59 Å². The minimum atomic E-state index is -0.449. The fourth-order valence-electron chi connectivity index (χ4n) is 1.04. The van der Waals surface area contributed by atoms with Crippen LogP contribution in [-0.4, -0.2) is 42.5 Å². The number of pyridine rings is 1. The molecular weight excluding hydrogens is 196 g/mol. The fraction of sp³-hybridized carbons (Fsp3) is 0.300. The first-order chi connectivity index (χ1) is 7.15. The van der Waals surface area contributed by atoms with Gasteiger partial charge in [-0.2, -0.15) is 0 Å². The Balaban J connectivity index is 2.65. The molecule has 0 fully saturated rings. The number of methoxy groups -OCH3 is 1. The summed E-state index contributed by atoms with van der Waals surface area (Å²) in [5.74, 6) is -0.705. The van der Waals surface area contributed by atoms with Gasteiger partial charge in [0, 0.05) is 19.4 Å². The predicted molar refractivity (Wildman–Crippen MR) is 53.2 cm³/mol. The van der Waals surface area contributed by atoms with Gasteiger partial charge in [-0.25, -0.2) is 0 Å². The van der Waals surface area contributed by atoms with Gasteiger partial charge in [-0.15, -0.1) is 0 Å².